The van der Waals surface area contributed by atoms with E-state index in [-0.39, 0.29) is 5.41 Å². The standard InChI is InChI=1S/C15H20N2O2/c1-11-5-12(2)14(13(6-11)18-4)17(3)8-15(7-16)9-19-10-15/h5-6H,8-10H2,1-4H3. The van der Waals surface area contributed by atoms with Crippen LogP contribution in [0.25, 0.3) is 0 Å². The molecule has 1 aliphatic rings. The van der Waals surface area contributed by atoms with Crippen molar-refractivity contribution < 1.29 is 9.47 Å². The number of anilines is 1. The number of aryl methyl sites for hydroxylation is 2. The summed E-state index contributed by atoms with van der Waals surface area (Å²) in [6, 6.07) is 6.53. The van der Waals surface area contributed by atoms with Gasteiger partial charge in [0.05, 0.1) is 32.1 Å². The lowest BCUT2D eigenvalue weighted by atomic mass is 9.87. The van der Waals surface area contributed by atoms with Crippen molar-refractivity contribution in [2.45, 2.75) is 13.8 Å². The first kappa shape index (κ1) is 13.7. The van der Waals surface area contributed by atoms with Crippen LogP contribution >= 0.6 is 0 Å². The van der Waals surface area contributed by atoms with Crippen molar-refractivity contribution in [3.63, 3.8) is 0 Å². The van der Waals surface area contributed by atoms with Gasteiger partial charge >= 0.3 is 0 Å². The number of ether oxygens (including phenoxy) is 2. The van der Waals surface area contributed by atoms with Gasteiger partial charge in [0, 0.05) is 13.6 Å². The summed E-state index contributed by atoms with van der Waals surface area (Å²) >= 11 is 0. The number of methoxy groups -OCH3 is 1. The zero-order chi connectivity index (χ0) is 14.0. The van der Waals surface area contributed by atoms with Crippen LogP contribution in [0.3, 0.4) is 0 Å². The van der Waals surface area contributed by atoms with E-state index >= 15 is 0 Å². The Morgan fingerprint density at radius 3 is 2.58 bits per heavy atom. The van der Waals surface area contributed by atoms with Crippen LogP contribution in [0.15, 0.2) is 12.1 Å². The minimum absolute atomic E-state index is 0.378. The van der Waals surface area contributed by atoms with Crippen LogP contribution in [-0.4, -0.2) is 33.9 Å². The second-order valence-electron chi connectivity index (χ2n) is 5.37. The molecule has 19 heavy (non-hydrogen) atoms. The predicted octanol–water partition coefficient (Wildman–Crippen LogP) is 2.29. The van der Waals surface area contributed by atoms with Crippen molar-refractivity contribution in [2.75, 3.05) is 38.8 Å². The molecule has 0 bridgehead atoms. The Labute approximate surface area is 114 Å². The van der Waals surface area contributed by atoms with Gasteiger partial charge in [-0.25, -0.2) is 0 Å². The van der Waals surface area contributed by atoms with E-state index in [0.29, 0.717) is 19.8 Å². The maximum absolute atomic E-state index is 9.28. The molecule has 0 amide bonds. The second-order valence-corrected chi connectivity index (χ2v) is 5.37. The lowest BCUT2D eigenvalue weighted by molar-refractivity contribution is -0.0716. The van der Waals surface area contributed by atoms with Gasteiger partial charge in [0.1, 0.15) is 11.2 Å². The molecule has 1 fully saturated rings. The molecule has 1 saturated heterocycles. The number of rotatable bonds is 4. The van der Waals surface area contributed by atoms with Crippen LogP contribution in [0.5, 0.6) is 5.75 Å². The Bertz CT molecular complexity index is 516. The largest absolute Gasteiger partial charge is 0.495 e. The van der Waals surface area contributed by atoms with Gasteiger partial charge in [0.25, 0.3) is 0 Å². The fraction of sp³-hybridized carbons (Fsp3) is 0.533. The molecule has 2 rings (SSSR count). The molecular weight excluding hydrogens is 240 g/mol. The maximum atomic E-state index is 9.28. The average Bonchev–Trinajstić information content (AvgIpc) is 2.32. The van der Waals surface area contributed by atoms with E-state index in [1.54, 1.807) is 7.11 Å². The first-order valence-electron chi connectivity index (χ1n) is 6.37. The van der Waals surface area contributed by atoms with E-state index in [1.165, 1.54) is 5.56 Å². The van der Waals surface area contributed by atoms with E-state index in [9.17, 15) is 5.26 Å². The van der Waals surface area contributed by atoms with Crippen LogP contribution in [0.2, 0.25) is 0 Å². The van der Waals surface area contributed by atoms with Crippen molar-refractivity contribution in [1.82, 2.24) is 0 Å². The molecule has 1 aromatic carbocycles. The Morgan fingerprint density at radius 1 is 1.42 bits per heavy atom. The van der Waals surface area contributed by atoms with Gasteiger partial charge in [-0.15, -0.1) is 0 Å². The summed E-state index contributed by atoms with van der Waals surface area (Å²) in [5.74, 6) is 0.855. The summed E-state index contributed by atoms with van der Waals surface area (Å²) in [4.78, 5) is 2.10. The summed E-state index contributed by atoms with van der Waals surface area (Å²) in [5.41, 5.74) is 3.01. The van der Waals surface area contributed by atoms with E-state index in [4.69, 9.17) is 9.47 Å². The van der Waals surface area contributed by atoms with E-state index in [1.807, 2.05) is 13.1 Å². The van der Waals surface area contributed by atoms with Gasteiger partial charge in [-0.3, -0.25) is 0 Å². The lowest BCUT2D eigenvalue weighted by Crippen LogP contribution is -2.49. The molecule has 0 radical (unpaired) electrons. The molecule has 102 valence electrons. The molecule has 4 heteroatoms. The average molecular weight is 260 g/mol. The van der Waals surface area contributed by atoms with Gasteiger partial charge in [-0.05, 0) is 31.0 Å². The van der Waals surface area contributed by atoms with Gasteiger partial charge < -0.3 is 14.4 Å². The fourth-order valence-corrected chi connectivity index (χ4v) is 2.64. The van der Waals surface area contributed by atoms with Crippen LogP contribution in [0.4, 0.5) is 5.69 Å². The van der Waals surface area contributed by atoms with Gasteiger partial charge in [0.2, 0.25) is 0 Å². The van der Waals surface area contributed by atoms with Crippen molar-refractivity contribution in [1.29, 1.82) is 5.26 Å². The third kappa shape index (κ3) is 2.52. The van der Waals surface area contributed by atoms with Crippen molar-refractivity contribution >= 4 is 5.69 Å². The third-order valence-electron chi connectivity index (χ3n) is 3.55. The molecule has 1 heterocycles. The quantitative estimate of drug-likeness (QED) is 0.833. The van der Waals surface area contributed by atoms with Crippen molar-refractivity contribution in [3.8, 4) is 11.8 Å². The van der Waals surface area contributed by atoms with Gasteiger partial charge in [-0.2, -0.15) is 5.26 Å². The number of nitriles is 1. The molecule has 0 aromatic heterocycles. The highest BCUT2D eigenvalue weighted by Gasteiger charge is 2.40. The van der Waals surface area contributed by atoms with Crippen LogP contribution < -0.4 is 9.64 Å². The molecule has 0 aliphatic carbocycles. The van der Waals surface area contributed by atoms with Crippen molar-refractivity contribution in [2.24, 2.45) is 5.41 Å². The van der Waals surface area contributed by atoms with Crippen LogP contribution in [0, 0.1) is 30.6 Å². The zero-order valence-electron chi connectivity index (χ0n) is 12.0. The molecule has 4 nitrogen and oxygen atoms in total. The topological polar surface area (TPSA) is 45.5 Å². The second kappa shape index (κ2) is 5.10. The predicted molar refractivity (Wildman–Crippen MR) is 74.6 cm³/mol. The number of nitrogens with zero attached hydrogens (tertiary/aromatic N) is 2. The molecule has 0 saturated carbocycles. The third-order valence-corrected chi connectivity index (χ3v) is 3.55. The summed E-state index contributed by atoms with van der Waals surface area (Å²) in [6.45, 7) is 5.80. The summed E-state index contributed by atoms with van der Waals surface area (Å²) < 4.78 is 10.7. The van der Waals surface area contributed by atoms with Crippen LogP contribution in [-0.2, 0) is 4.74 Å². The minimum Gasteiger partial charge on any atom is -0.495 e. The highest BCUT2D eigenvalue weighted by atomic mass is 16.5. The zero-order valence-corrected chi connectivity index (χ0v) is 12.0. The first-order valence-corrected chi connectivity index (χ1v) is 6.37. The molecule has 1 aliphatic heterocycles. The Balaban J connectivity index is 2.28. The summed E-state index contributed by atoms with van der Waals surface area (Å²) in [5, 5.41) is 9.28. The van der Waals surface area contributed by atoms with E-state index in [2.05, 4.69) is 30.9 Å². The molecule has 1 aromatic rings. The SMILES string of the molecule is COc1cc(C)cc(C)c1N(C)CC1(C#N)COC1. The van der Waals surface area contributed by atoms with Crippen LogP contribution in [0.1, 0.15) is 11.1 Å². The number of benzene rings is 1. The molecule has 0 spiro atoms. The highest BCUT2D eigenvalue weighted by Crippen LogP contribution is 2.36. The Kier molecular flexibility index (Phi) is 3.68. The van der Waals surface area contributed by atoms with Crippen molar-refractivity contribution in [3.05, 3.63) is 23.3 Å². The van der Waals surface area contributed by atoms with E-state index < -0.39 is 0 Å². The smallest absolute Gasteiger partial charge is 0.142 e. The molecule has 0 atom stereocenters. The highest BCUT2D eigenvalue weighted by molar-refractivity contribution is 5.64. The summed E-state index contributed by atoms with van der Waals surface area (Å²) in [7, 11) is 3.68. The van der Waals surface area contributed by atoms with E-state index in [0.717, 1.165) is 17.0 Å². The number of hydrogen-bond donors (Lipinski definition) is 0. The normalized spacial score (nSPS) is 16.4. The molecule has 0 unspecified atom stereocenters. The first-order chi connectivity index (χ1) is 9.01. The molecule has 0 N–H and O–H groups in total. The summed E-state index contributed by atoms with van der Waals surface area (Å²) in [6.07, 6.45) is 0. The minimum atomic E-state index is -0.378. The monoisotopic (exact) mass is 260 g/mol. The Hall–Kier alpha value is -1.73. The lowest BCUT2D eigenvalue weighted by Gasteiger charge is -2.39. The Morgan fingerprint density at radius 2 is 2.11 bits per heavy atom. The van der Waals surface area contributed by atoms with Gasteiger partial charge in [-0.1, -0.05) is 6.07 Å². The number of hydrogen-bond acceptors (Lipinski definition) is 4. The van der Waals surface area contributed by atoms with Gasteiger partial charge in [0.15, 0.2) is 0 Å². The molecular formula is C15H20N2O2. The maximum Gasteiger partial charge on any atom is 0.142 e. The fourth-order valence-electron chi connectivity index (χ4n) is 2.64.